The number of nitrogens with one attached hydrogen (secondary N) is 3. The largest absolute Gasteiger partial charge is 0.477 e. The summed E-state index contributed by atoms with van der Waals surface area (Å²) < 4.78 is 1.46. The van der Waals surface area contributed by atoms with E-state index < -0.39 is 35.3 Å². The lowest BCUT2D eigenvalue weighted by atomic mass is 10.0. The minimum atomic E-state index is -1.61. The van der Waals surface area contributed by atoms with E-state index in [1.165, 1.54) is 38.5 Å². The number of tetrazole rings is 1. The molecule has 0 bridgehead atoms. The van der Waals surface area contributed by atoms with E-state index in [2.05, 4.69) is 36.5 Å². The SMILES string of the molecule is CNC(=S)Nc1nc(C(O)C(=O)NC2C(=O)N3C(C(=O)O)=C(CSc4nnnn4C)CS[C@H]23)cs1. The average Bonchev–Trinajstić information content (AvgIpc) is 3.48. The molecule has 18 heteroatoms. The number of hydrogen-bond acceptors (Lipinski definition) is 12. The van der Waals surface area contributed by atoms with E-state index in [0.29, 0.717) is 26.7 Å². The topological polar surface area (TPSA) is 187 Å². The first kappa shape index (κ1) is 25.3. The number of hydrogen-bond donors (Lipinski definition) is 5. The number of carbonyl (C=O) groups excluding carboxylic acids is 2. The van der Waals surface area contributed by atoms with Crippen LogP contribution in [0, 0.1) is 0 Å². The van der Waals surface area contributed by atoms with Crippen molar-refractivity contribution in [1.29, 1.82) is 0 Å². The second-order valence-corrected chi connectivity index (χ2v) is 10.5. The number of aromatic nitrogens is 5. The second-order valence-electron chi connectivity index (χ2n) is 7.21. The van der Waals surface area contributed by atoms with Crippen LogP contribution in [0.4, 0.5) is 5.13 Å². The Balaban J connectivity index is 1.41. The Hall–Kier alpha value is -2.80. The van der Waals surface area contributed by atoms with Crippen LogP contribution in [-0.2, 0) is 21.4 Å². The van der Waals surface area contributed by atoms with Crippen molar-refractivity contribution in [2.45, 2.75) is 22.7 Å². The Kier molecular flexibility index (Phi) is 7.55. The number of thioether (sulfide) groups is 2. The van der Waals surface area contributed by atoms with Crippen molar-refractivity contribution in [3.8, 4) is 0 Å². The Labute approximate surface area is 215 Å². The first-order valence-corrected chi connectivity index (χ1v) is 13.2. The fourth-order valence-corrected chi connectivity index (χ4v) is 6.51. The van der Waals surface area contributed by atoms with Gasteiger partial charge in [0, 0.05) is 31.0 Å². The number of fused-ring (bicyclic) bond motifs is 1. The molecule has 4 rings (SSSR count). The molecule has 2 aromatic heterocycles. The molecule has 0 aromatic carbocycles. The van der Waals surface area contributed by atoms with E-state index >= 15 is 0 Å². The molecule has 5 N–H and O–H groups in total. The lowest BCUT2D eigenvalue weighted by Crippen LogP contribution is -2.70. The van der Waals surface area contributed by atoms with Gasteiger partial charge in [-0.3, -0.25) is 14.5 Å². The van der Waals surface area contributed by atoms with Crippen molar-refractivity contribution in [1.82, 2.24) is 40.7 Å². The van der Waals surface area contributed by atoms with Gasteiger partial charge in [-0.15, -0.1) is 28.2 Å². The number of thiazole rings is 1. The van der Waals surface area contributed by atoms with Gasteiger partial charge in [0.25, 0.3) is 11.8 Å². The third-order valence-electron chi connectivity index (χ3n) is 5.00. The number of β-lactam (4-membered cyclic amide) rings is 1. The molecule has 2 aliphatic heterocycles. The Morgan fingerprint density at radius 1 is 1.43 bits per heavy atom. The summed E-state index contributed by atoms with van der Waals surface area (Å²) in [5, 5.41) is 41.5. The number of thiocarbonyl (C=S) groups is 1. The Bertz CT molecular complexity index is 1210. The predicted molar refractivity (Wildman–Crippen MR) is 132 cm³/mol. The van der Waals surface area contributed by atoms with Crippen LogP contribution in [0.25, 0.3) is 0 Å². The highest BCUT2D eigenvalue weighted by molar-refractivity contribution is 8.01. The van der Waals surface area contributed by atoms with Gasteiger partial charge in [0.1, 0.15) is 17.1 Å². The quantitative estimate of drug-likeness (QED) is 0.153. The molecular formula is C17H19N9O5S4. The van der Waals surface area contributed by atoms with E-state index in [0.717, 1.165) is 11.3 Å². The van der Waals surface area contributed by atoms with Gasteiger partial charge < -0.3 is 26.2 Å². The molecule has 2 unspecified atom stereocenters. The zero-order chi connectivity index (χ0) is 25.3. The minimum Gasteiger partial charge on any atom is -0.477 e. The molecule has 0 aliphatic carbocycles. The number of rotatable bonds is 8. The molecule has 0 radical (unpaired) electrons. The van der Waals surface area contributed by atoms with Crippen LogP contribution in [-0.4, -0.2) is 93.2 Å². The van der Waals surface area contributed by atoms with E-state index in [1.807, 2.05) is 0 Å². The number of aryl methyl sites for hydroxylation is 1. The first-order valence-electron chi connectivity index (χ1n) is 9.89. The third kappa shape index (κ3) is 5.10. The molecule has 0 spiro atoms. The van der Waals surface area contributed by atoms with Crippen molar-refractivity contribution in [2.75, 3.05) is 23.9 Å². The lowest BCUT2D eigenvalue weighted by Gasteiger charge is -2.49. The molecule has 2 amide bonds. The molecule has 0 saturated carbocycles. The summed E-state index contributed by atoms with van der Waals surface area (Å²) in [5.74, 6) is -1.99. The predicted octanol–water partition coefficient (Wildman–Crippen LogP) is -0.853. The normalized spacial score (nSPS) is 20.1. The standard InChI is InChI=1S/C17H19N9O5S4/c1-18-15(32)21-16-19-7(5-34-16)10(27)11(28)20-8-12(29)26-9(14(30)31)6(3-33-13(8)26)4-35-17-22-23-24-25(17)2/h5,8,10,13,27H,3-4H2,1-2H3,(H,20,28)(H,30,31)(H2,18,19,21,32)/t8?,10?,13-/m1/s1. The zero-order valence-electron chi connectivity index (χ0n) is 18.2. The number of carbonyl (C=O) groups is 3. The molecule has 2 aromatic rings. The lowest BCUT2D eigenvalue weighted by molar-refractivity contribution is -0.151. The number of aliphatic hydroxyl groups is 1. The smallest absolute Gasteiger partial charge is 0.352 e. The number of carboxylic acids is 1. The molecule has 186 valence electrons. The number of anilines is 1. The van der Waals surface area contributed by atoms with E-state index in [1.54, 1.807) is 14.1 Å². The molecule has 14 nitrogen and oxygen atoms in total. The first-order chi connectivity index (χ1) is 16.7. The van der Waals surface area contributed by atoms with Crippen LogP contribution in [0.3, 0.4) is 0 Å². The van der Waals surface area contributed by atoms with Crippen molar-refractivity contribution in [2.24, 2.45) is 7.05 Å². The highest BCUT2D eigenvalue weighted by Gasteiger charge is 2.54. The van der Waals surface area contributed by atoms with Crippen molar-refractivity contribution in [3.63, 3.8) is 0 Å². The minimum absolute atomic E-state index is 0.0949. The van der Waals surface area contributed by atoms with Crippen LogP contribution < -0.4 is 16.0 Å². The zero-order valence-corrected chi connectivity index (χ0v) is 21.4. The molecule has 3 atom stereocenters. The molecule has 35 heavy (non-hydrogen) atoms. The van der Waals surface area contributed by atoms with Gasteiger partial charge in [-0.2, -0.15) is 0 Å². The maximum absolute atomic E-state index is 12.8. The second kappa shape index (κ2) is 10.4. The van der Waals surface area contributed by atoms with Crippen LogP contribution >= 0.6 is 47.1 Å². The summed E-state index contributed by atoms with van der Waals surface area (Å²) in [6.07, 6.45) is -1.61. The van der Waals surface area contributed by atoms with E-state index in [-0.39, 0.29) is 17.1 Å². The fraction of sp³-hybridized carbons (Fsp3) is 0.412. The summed E-state index contributed by atoms with van der Waals surface area (Å²) in [6, 6.07) is -0.971. The fourth-order valence-electron chi connectivity index (χ4n) is 3.28. The monoisotopic (exact) mass is 557 g/mol. The molecule has 1 fully saturated rings. The van der Waals surface area contributed by atoms with E-state index in [9.17, 15) is 24.6 Å². The molecule has 4 heterocycles. The van der Waals surface area contributed by atoms with Crippen molar-refractivity contribution >= 4 is 75.1 Å². The van der Waals surface area contributed by atoms with Gasteiger partial charge in [-0.1, -0.05) is 11.8 Å². The number of nitrogens with zero attached hydrogens (tertiary/aromatic N) is 6. The third-order valence-corrected chi connectivity index (χ3v) is 8.52. The van der Waals surface area contributed by atoms with E-state index in [4.69, 9.17) is 12.2 Å². The van der Waals surface area contributed by atoms with Gasteiger partial charge in [0.2, 0.25) is 5.16 Å². The average molecular weight is 558 g/mol. The number of aliphatic hydroxyl groups excluding tert-OH is 1. The van der Waals surface area contributed by atoms with Gasteiger partial charge in [-0.25, -0.2) is 14.5 Å². The summed E-state index contributed by atoms with van der Waals surface area (Å²) >= 11 is 8.73. The van der Waals surface area contributed by atoms with Crippen LogP contribution in [0.5, 0.6) is 0 Å². The van der Waals surface area contributed by atoms with Gasteiger partial charge >= 0.3 is 5.97 Å². The molecule has 1 saturated heterocycles. The number of aliphatic carboxylic acids is 1. The van der Waals surface area contributed by atoms with Gasteiger partial charge in [0.05, 0.1) is 5.69 Å². The van der Waals surface area contributed by atoms with Crippen molar-refractivity contribution < 1.29 is 24.6 Å². The number of amides is 2. The summed E-state index contributed by atoms with van der Waals surface area (Å²) in [5.41, 5.74) is 0.535. The van der Waals surface area contributed by atoms with Crippen LogP contribution in [0.15, 0.2) is 21.8 Å². The molecule has 2 aliphatic rings. The van der Waals surface area contributed by atoms with Crippen LogP contribution in [0.2, 0.25) is 0 Å². The van der Waals surface area contributed by atoms with Gasteiger partial charge in [0.15, 0.2) is 16.3 Å². The summed E-state index contributed by atoms with van der Waals surface area (Å²) in [7, 11) is 3.30. The van der Waals surface area contributed by atoms with Crippen molar-refractivity contribution in [3.05, 3.63) is 22.3 Å². The summed E-state index contributed by atoms with van der Waals surface area (Å²) in [6.45, 7) is 0. The highest BCUT2D eigenvalue weighted by atomic mass is 32.2. The number of carboxylic acid groups (broad SMARTS) is 1. The Morgan fingerprint density at radius 3 is 2.86 bits per heavy atom. The summed E-state index contributed by atoms with van der Waals surface area (Å²) in [4.78, 5) is 42.7. The van der Waals surface area contributed by atoms with Gasteiger partial charge in [-0.05, 0) is 28.2 Å². The maximum atomic E-state index is 12.8. The van der Waals surface area contributed by atoms with Crippen LogP contribution in [0.1, 0.15) is 11.8 Å². The molecular weight excluding hydrogens is 539 g/mol. The Morgan fingerprint density at radius 2 is 2.20 bits per heavy atom. The highest BCUT2D eigenvalue weighted by Crippen LogP contribution is 2.41. The maximum Gasteiger partial charge on any atom is 0.352 e.